The Morgan fingerprint density at radius 2 is 2.17 bits per heavy atom. The molecule has 0 bridgehead atoms. The van der Waals surface area contributed by atoms with Gasteiger partial charge in [-0.3, -0.25) is 4.79 Å². The van der Waals surface area contributed by atoms with Gasteiger partial charge in [-0.15, -0.1) is 0 Å². The molecule has 1 aliphatic heterocycles. The number of carboxylic acid groups (broad SMARTS) is 1. The Kier molecular flexibility index (Phi) is 5.07. The molecule has 1 saturated heterocycles. The molecule has 6 nitrogen and oxygen atoms in total. The van der Waals surface area contributed by atoms with Crippen molar-refractivity contribution in [1.29, 1.82) is 0 Å². The lowest BCUT2D eigenvalue weighted by Gasteiger charge is -2.25. The van der Waals surface area contributed by atoms with Crippen molar-refractivity contribution in [2.45, 2.75) is 37.2 Å². The highest BCUT2D eigenvalue weighted by Gasteiger charge is 2.36. The first-order chi connectivity index (χ1) is 10.6. The van der Waals surface area contributed by atoms with Crippen LogP contribution in [-0.2, 0) is 26.0 Å². The number of sulfonamides is 1. The molecule has 1 fully saturated rings. The van der Waals surface area contributed by atoms with E-state index in [0.29, 0.717) is 6.61 Å². The molecule has 1 heterocycles. The lowest BCUT2D eigenvalue weighted by molar-refractivity contribution is -0.136. The largest absolute Gasteiger partial charge is 0.481 e. The van der Waals surface area contributed by atoms with E-state index in [1.54, 1.807) is 0 Å². The number of nitrogens with one attached hydrogen (secondary N) is 1. The van der Waals surface area contributed by atoms with E-state index in [1.807, 2.05) is 13.8 Å². The number of carboxylic acids is 1. The summed E-state index contributed by atoms with van der Waals surface area (Å²) in [5.74, 6) is -1.99. The molecule has 1 aromatic carbocycles. The minimum atomic E-state index is -3.86. The Morgan fingerprint density at radius 3 is 2.70 bits per heavy atom. The molecule has 0 amide bonds. The third kappa shape index (κ3) is 4.27. The molecule has 0 spiro atoms. The van der Waals surface area contributed by atoms with Gasteiger partial charge in [0.15, 0.2) is 0 Å². The molecule has 1 unspecified atom stereocenters. The molecule has 8 heteroatoms. The van der Waals surface area contributed by atoms with Crippen LogP contribution in [0.3, 0.4) is 0 Å². The smallest absolute Gasteiger partial charge is 0.307 e. The molecular weight excluding hydrogens is 325 g/mol. The minimum Gasteiger partial charge on any atom is -0.481 e. The first-order valence-corrected chi connectivity index (χ1v) is 8.74. The Bertz CT molecular complexity index is 702. The van der Waals surface area contributed by atoms with Gasteiger partial charge in [0.2, 0.25) is 10.0 Å². The molecule has 23 heavy (non-hydrogen) atoms. The molecule has 2 rings (SSSR count). The highest BCUT2D eigenvalue weighted by molar-refractivity contribution is 7.89. The van der Waals surface area contributed by atoms with E-state index >= 15 is 0 Å². The highest BCUT2D eigenvalue weighted by atomic mass is 32.2. The van der Waals surface area contributed by atoms with E-state index in [9.17, 15) is 17.6 Å². The molecule has 128 valence electrons. The standard InChI is InChI=1S/C15H20FNO5S/c1-15(2)11(5-6-22-15)9-17-23(20,21)12-4-3-10(7-14(18)19)13(16)8-12/h3-4,8,11,17H,5-7,9H2,1-2H3,(H,18,19). The number of hydrogen-bond donors (Lipinski definition) is 2. The predicted molar refractivity (Wildman–Crippen MR) is 81.1 cm³/mol. The molecule has 1 aliphatic rings. The molecule has 1 atom stereocenters. The summed E-state index contributed by atoms with van der Waals surface area (Å²) in [5, 5.41) is 8.67. The zero-order valence-corrected chi connectivity index (χ0v) is 13.8. The molecule has 0 aromatic heterocycles. The van der Waals surface area contributed by atoms with Gasteiger partial charge in [0.1, 0.15) is 5.82 Å². The average molecular weight is 345 g/mol. The van der Waals surface area contributed by atoms with E-state index in [2.05, 4.69) is 4.72 Å². The number of carbonyl (C=O) groups is 1. The van der Waals surface area contributed by atoms with Crippen molar-refractivity contribution in [1.82, 2.24) is 4.72 Å². The van der Waals surface area contributed by atoms with Gasteiger partial charge in [0.25, 0.3) is 0 Å². The van der Waals surface area contributed by atoms with E-state index < -0.39 is 33.8 Å². The van der Waals surface area contributed by atoms with Gasteiger partial charge in [-0.25, -0.2) is 17.5 Å². The first-order valence-electron chi connectivity index (χ1n) is 7.25. The van der Waals surface area contributed by atoms with Crippen LogP contribution in [0.15, 0.2) is 23.1 Å². The molecule has 2 N–H and O–H groups in total. The summed E-state index contributed by atoms with van der Waals surface area (Å²) >= 11 is 0. The number of rotatable bonds is 6. The Balaban J connectivity index is 2.10. The number of aliphatic carboxylic acids is 1. The van der Waals surface area contributed by atoms with Crippen molar-refractivity contribution in [2.24, 2.45) is 5.92 Å². The fourth-order valence-electron chi connectivity index (χ4n) is 2.57. The summed E-state index contributed by atoms with van der Waals surface area (Å²) in [6.45, 7) is 4.59. The lowest BCUT2D eigenvalue weighted by Crippen LogP contribution is -2.37. The summed E-state index contributed by atoms with van der Waals surface area (Å²) in [6, 6.07) is 3.23. The fourth-order valence-corrected chi connectivity index (χ4v) is 3.67. The summed E-state index contributed by atoms with van der Waals surface area (Å²) < 4.78 is 46.3. The molecule has 1 aromatic rings. The third-order valence-corrected chi connectivity index (χ3v) is 5.54. The normalized spacial score (nSPS) is 20.6. The van der Waals surface area contributed by atoms with Crippen LogP contribution in [0.1, 0.15) is 25.8 Å². The van der Waals surface area contributed by atoms with Crippen LogP contribution in [0.5, 0.6) is 0 Å². The van der Waals surface area contributed by atoms with Crippen molar-refractivity contribution < 1.29 is 27.4 Å². The van der Waals surface area contributed by atoms with Crippen LogP contribution in [0, 0.1) is 11.7 Å². The second-order valence-corrected chi connectivity index (χ2v) is 7.88. The lowest BCUT2D eigenvalue weighted by atomic mass is 9.91. The van der Waals surface area contributed by atoms with Crippen LogP contribution in [-0.4, -0.2) is 38.2 Å². The number of ether oxygens (including phenoxy) is 1. The SMILES string of the molecule is CC1(C)OCCC1CNS(=O)(=O)c1ccc(CC(=O)O)c(F)c1. The third-order valence-electron chi connectivity index (χ3n) is 4.12. The van der Waals surface area contributed by atoms with Gasteiger partial charge >= 0.3 is 5.97 Å². The van der Waals surface area contributed by atoms with Crippen molar-refractivity contribution >= 4 is 16.0 Å². The first kappa shape index (κ1) is 17.8. The highest BCUT2D eigenvalue weighted by Crippen LogP contribution is 2.31. The zero-order valence-electron chi connectivity index (χ0n) is 13.0. The average Bonchev–Trinajstić information content (AvgIpc) is 2.77. The van der Waals surface area contributed by atoms with Gasteiger partial charge in [0.05, 0.1) is 16.9 Å². The van der Waals surface area contributed by atoms with Crippen molar-refractivity contribution in [3.05, 3.63) is 29.6 Å². The number of hydrogen-bond acceptors (Lipinski definition) is 4. The van der Waals surface area contributed by atoms with Crippen LogP contribution >= 0.6 is 0 Å². The zero-order chi connectivity index (χ0) is 17.3. The molecule has 0 saturated carbocycles. The van der Waals surface area contributed by atoms with Crippen LogP contribution in [0.25, 0.3) is 0 Å². The van der Waals surface area contributed by atoms with Gasteiger partial charge < -0.3 is 9.84 Å². The van der Waals surface area contributed by atoms with Crippen LogP contribution in [0.4, 0.5) is 4.39 Å². The maximum absolute atomic E-state index is 13.8. The van der Waals surface area contributed by atoms with Crippen molar-refractivity contribution in [3.63, 3.8) is 0 Å². The van der Waals surface area contributed by atoms with Crippen molar-refractivity contribution in [3.8, 4) is 0 Å². The van der Waals surface area contributed by atoms with E-state index in [4.69, 9.17) is 9.84 Å². The second kappa shape index (κ2) is 6.54. The molecule has 0 radical (unpaired) electrons. The monoisotopic (exact) mass is 345 g/mol. The van der Waals surface area contributed by atoms with Crippen LogP contribution < -0.4 is 4.72 Å². The van der Waals surface area contributed by atoms with Crippen molar-refractivity contribution in [2.75, 3.05) is 13.2 Å². The minimum absolute atomic E-state index is 0.0356. The van der Waals surface area contributed by atoms with Gasteiger partial charge in [0, 0.05) is 19.1 Å². The maximum Gasteiger partial charge on any atom is 0.307 e. The van der Waals surface area contributed by atoms with E-state index in [0.717, 1.165) is 12.5 Å². The number of halogens is 1. The summed E-state index contributed by atoms with van der Waals surface area (Å²) in [4.78, 5) is 10.4. The Morgan fingerprint density at radius 1 is 1.48 bits per heavy atom. The topological polar surface area (TPSA) is 92.7 Å². The Labute approximate surface area is 134 Å². The van der Waals surface area contributed by atoms with Gasteiger partial charge in [-0.05, 0) is 38.0 Å². The van der Waals surface area contributed by atoms with E-state index in [-0.39, 0.29) is 22.9 Å². The fraction of sp³-hybridized carbons (Fsp3) is 0.533. The summed E-state index contributed by atoms with van der Waals surface area (Å²) in [5.41, 5.74) is -0.458. The second-order valence-electron chi connectivity index (χ2n) is 6.11. The summed E-state index contributed by atoms with van der Waals surface area (Å²) in [6.07, 6.45) is 0.259. The Hall–Kier alpha value is -1.51. The van der Waals surface area contributed by atoms with Gasteiger partial charge in [-0.2, -0.15) is 0 Å². The molecule has 0 aliphatic carbocycles. The molecular formula is C15H20FNO5S. The maximum atomic E-state index is 13.8. The summed E-state index contributed by atoms with van der Waals surface area (Å²) in [7, 11) is -3.86. The van der Waals surface area contributed by atoms with E-state index in [1.165, 1.54) is 12.1 Å². The van der Waals surface area contributed by atoms with Gasteiger partial charge in [-0.1, -0.05) is 6.07 Å². The quantitative estimate of drug-likeness (QED) is 0.816. The number of benzene rings is 1. The predicted octanol–water partition coefficient (Wildman–Crippen LogP) is 1.55. The van der Waals surface area contributed by atoms with Crippen LogP contribution in [0.2, 0.25) is 0 Å².